The highest BCUT2D eigenvalue weighted by Gasteiger charge is 2.57. The number of thiophene rings is 1. The van der Waals surface area contributed by atoms with Crippen molar-refractivity contribution in [3.63, 3.8) is 0 Å². The van der Waals surface area contributed by atoms with Crippen molar-refractivity contribution < 1.29 is 14.4 Å². The van der Waals surface area contributed by atoms with Crippen molar-refractivity contribution in [3.05, 3.63) is 88.4 Å². The molecule has 1 aromatic carbocycles. The summed E-state index contributed by atoms with van der Waals surface area (Å²) in [7, 11) is 0. The third-order valence-electron chi connectivity index (χ3n) is 6.89. The highest BCUT2D eigenvalue weighted by Crippen LogP contribution is 2.41. The molecule has 0 bridgehead atoms. The normalized spacial score (nSPS) is 20.1. The number of likely N-dealkylation sites (tertiary alicyclic amines) is 1. The van der Waals surface area contributed by atoms with E-state index in [1.807, 2.05) is 53.9 Å². The van der Waals surface area contributed by atoms with Gasteiger partial charge in [0.2, 0.25) is 0 Å². The van der Waals surface area contributed by atoms with Gasteiger partial charge in [-0.15, -0.1) is 11.3 Å². The summed E-state index contributed by atoms with van der Waals surface area (Å²) in [6, 6.07) is 16.6. The first-order valence-corrected chi connectivity index (χ1v) is 12.9. The van der Waals surface area contributed by atoms with Gasteiger partial charge in [0, 0.05) is 54.0 Å². The predicted octanol–water partition coefficient (Wildman–Crippen LogP) is 3.42. The van der Waals surface area contributed by atoms with Gasteiger partial charge in [-0.2, -0.15) is 0 Å². The number of hydrogen-bond donors (Lipinski definition) is 1. The summed E-state index contributed by atoms with van der Waals surface area (Å²) < 4.78 is 0. The lowest BCUT2D eigenvalue weighted by Crippen LogP contribution is -2.54. The molecule has 2 aromatic heterocycles. The van der Waals surface area contributed by atoms with Crippen LogP contribution in [0.1, 0.15) is 28.8 Å². The first kappa shape index (κ1) is 23.8. The number of imide groups is 1. The predicted molar refractivity (Wildman–Crippen MR) is 137 cm³/mol. The van der Waals surface area contributed by atoms with Gasteiger partial charge in [0.15, 0.2) is 5.54 Å². The maximum absolute atomic E-state index is 13.9. The van der Waals surface area contributed by atoms with Crippen molar-refractivity contribution in [1.82, 2.24) is 20.1 Å². The molecule has 5 rings (SSSR count). The van der Waals surface area contributed by atoms with E-state index in [4.69, 9.17) is 0 Å². The maximum Gasteiger partial charge on any atom is 0.325 e. The number of aromatic nitrogens is 1. The van der Waals surface area contributed by atoms with E-state index in [-0.39, 0.29) is 23.8 Å². The molecule has 2 aliphatic rings. The second-order valence-electron chi connectivity index (χ2n) is 8.95. The molecule has 1 atom stereocenters. The van der Waals surface area contributed by atoms with E-state index in [0.717, 1.165) is 10.4 Å². The number of urea groups is 1. The second-order valence-corrected chi connectivity index (χ2v) is 9.98. The number of carbonyl (C=O) groups excluding carboxylic acids is 3. The zero-order valence-corrected chi connectivity index (χ0v) is 20.5. The molecule has 0 saturated carbocycles. The molecule has 3 aromatic rings. The Hall–Kier alpha value is -3.96. The van der Waals surface area contributed by atoms with E-state index in [0.29, 0.717) is 44.5 Å². The smallest absolute Gasteiger partial charge is 0.325 e. The standard InChI is InChI=1S/C28H26N4O3S/c33-25(11-10-21-6-2-1-3-7-21)31-16-12-22(13-17-31)28(23-8-4-15-29-20-23)26(34)32(27(35)30-28)18-14-24-9-5-19-36-24/h1-9,15,19-20,22H,12-14,16-18H2,(H,30,35). The van der Waals surface area contributed by atoms with Crippen LogP contribution in [0.25, 0.3) is 0 Å². The number of piperidine rings is 1. The van der Waals surface area contributed by atoms with Gasteiger partial charge in [0.05, 0.1) is 0 Å². The Kier molecular flexibility index (Phi) is 6.83. The minimum Gasteiger partial charge on any atom is -0.332 e. The van der Waals surface area contributed by atoms with Crippen LogP contribution in [0.5, 0.6) is 0 Å². The Morgan fingerprint density at radius 1 is 1.08 bits per heavy atom. The first-order valence-electron chi connectivity index (χ1n) is 12.0. The fraction of sp³-hybridized carbons (Fsp3) is 0.286. The summed E-state index contributed by atoms with van der Waals surface area (Å²) >= 11 is 1.61. The number of nitrogens with zero attached hydrogens (tertiary/aromatic N) is 3. The molecule has 1 unspecified atom stereocenters. The third-order valence-corrected chi connectivity index (χ3v) is 7.83. The molecular weight excluding hydrogens is 472 g/mol. The van der Waals surface area contributed by atoms with E-state index in [2.05, 4.69) is 22.1 Å². The van der Waals surface area contributed by atoms with Gasteiger partial charge in [-0.25, -0.2) is 4.79 Å². The van der Waals surface area contributed by atoms with Crippen LogP contribution in [0.15, 0.2) is 72.4 Å². The van der Waals surface area contributed by atoms with Gasteiger partial charge in [-0.05, 0) is 54.8 Å². The number of benzene rings is 1. The highest BCUT2D eigenvalue weighted by atomic mass is 32.1. The Morgan fingerprint density at radius 3 is 2.58 bits per heavy atom. The van der Waals surface area contributed by atoms with E-state index in [9.17, 15) is 14.4 Å². The van der Waals surface area contributed by atoms with E-state index in [1.165, 1.54) is 4.90 Å². The lowest BCUT2D eigenvalue weighted by Gasteiger charge is -2.40. The zero-order valence-electron chi connectivity index (χ0n) is 19.7. The molecule has 7 nitrogen and oxygen atoms in total. The Morgan fingerprint density at radius 2 is 1.89 bits per heavy atom. The van der Waals surface area contributed by atoms with Crippen molar-refractivity contribution in [3.8, 4) is 11.8 Å². The molecule has 2 fully saturated rings. The van der Waals surface area contributed by atoms with Crippen LogP contribution in [0.2, 0.25) is 0 Å². The average Bonchev–Trinajstić information content (AvgIpc) is 3.53. The highest BCUT2D eigenvalue weighted by molar-refractivity contribution is 7.09. The number of carbonyl (C=O) groups is 3. The molecule has 0 spiro atoms. The minimum atomic E-state index is -1.19. The van der Waals surface area contributed by atoms with Crippen molar-refractivity contribution >= 4 is 29.2 Å². The summed E-state index contributed by atoms with van der Waals surface area (Å²) in [5.41, 5.74) is 0.278. The van der Waals surface area contributed by atoms with Crippen LogP contribution in [-0.2, 0) is 21.5 Å². The van der Waals surface area contributed by atoms with Crippen LogP contribution in [-0.4, -0.2) is 52.3 Å². The number of amides is 4. The Labute approximate surface area is 214 Å². The lowest BCUT2D eigenvalue weighted by molar-refractivity contribution is -0.135. The maximum atomic E-state index is 13.9. The summed E-state index contributed by atoms with van der Waals surface area (Å²) in [4.78, 5) is 48.1. The summed E-state index contributed by atoms with van der Waals surface area (Å²) in [6.07, 6.45) is 5.06. The number of pyridine rings is 1. The van der Waals surface area contributed by atoms with Crippen LogP contribution >= 0.6 is 11.3 Å². The van der Waals surface area contributed by atoms with Gasteiger partial charge in [-0.3, -0.25) is 19.5 Å². The average molecular weight is 499 g/mol. The van der Waals surface area contributed by atoms with Gasteiger partial charge in [0.25, 0.3) is 11.8 Å². The SMILES string of the molecule is O=C(C#Cc1ccccc1)N1CCC(C2(c3cccnc3)NC(=O)N(CCc3cccs3)C2=O)CC1. The zero-order chi connectivity index (χ0) is 25.0. The quantitative estimate of drug-likeness (QED) is 0.432. The summed E-state index contributed by atoms with van der Waals surface area (Å²) in [5.74, 6) is 5.00. The minimum absolute atomic E-state index is 0.170. The number of rotatable bonds is 5. The van der Waals surface area contributed by atoms with Crippen molar-refractivity contribution in [2.24, 2.45) is 5.92 Å². The molecule has 4 heterocycles. The van der Waals surface area contributed by atoms with Crippen LogP contribution in [0, 0.1) is 17.8 Å². The molecule has 2 aliphatic heterocycles. The van der Waals surface area contributed by atoms with Crippen LogP contribution in [0.4, 0.5) is 4.79 Å². The van der Waals surface area contributed by atoms with Gasteiger partial charge < -0.3 is 10.2 Å². The molecule has 2 saturated heterocycles. The van der Waals surface area contributed by atoms with Crippen LogP contribution < -0.4 is 5.32 Å². The van der Waals surface area contributed by atoms with E-state index >= 15 is 0 Å². The van der Waals surface area contributed by atoms with Gasteiger partial charge in [0.1, 0.15) is 0 Å². The van der Waals surface area contributed by atoms with E-state index < -0.39 is 5.54 Å². The lowest BCUT2D eigenvalue weighted by atomic mass is 9.73. The molecule has 0 radical (unpaired) electrons. The first-order chi connectivity index (χ1) is 17.6. The summed E-state index contributed by atoms with van der Waals surface area (Å²) in [5, 5.41) is 5.03. The molecule has 4 amide bonds. The molecule has 36 heavy (non-hydrogen) atoms. The van der Waals surface area contributed by atoms with Crippen LogP contribution in [0.3, 0.4) is 0 Å². The van der Waals surface area contributed by atoms with Crippen molar-refractivity contribution in [1.29, 1.82) is 0 Å². The molecule has 8 heteroatoms. The number of nitrogens with one attached hydrogen (secondary N) is 1. The Bertz CT molecular complexity index is 1290. The fourth-order valence-corrected chi connectivity index (χ4v) is 5.72. The fourth-order valence-electron chi connectivity index (χ4n) is 5.02. The molecular formula is C28H26N4O3S. The number of hydrogen-bond acceptors (Lipinski definition) is 5. The molecule has 0 aliphatic carbocycles. The molecule has 182 valence electrons. The summed E-state index contributed by atoms with van der Waals surface area (Å²) in [6.45, 7) is 1.25. The third kappa shape index (κ3) is 4.62. The molecule has 1 N–H and O–H groups in total. The largest absolute Gasteiger partial charge is 0.332 e. The van der Waals surface area contributed by atoms with E-state index in [1.54, 1.807) is 34.7 Å². The Balaban J connectivity index is 1.33. The van der Waals surface area contributed by atoms with Crippen molar-refractivity contribution in [2.45, 2.75) is 24.8 Å². The topological polar surface area (TPSA) is 82.6 Å². The monoisotopic (exact) mass is 498 g/mol. The second kappa shape index (κ2) is 10.3. The van der Waals surface area contributed by atoms with Crippen molar-refractivity contribution in [2.75, 3.05) is 19.6 Å². The van der Waals surface area contributed by atoms with Gasteiger partial charge >= 0.3 is 6.03 Å². The van der Waals surface area contributed by atoms with Gasteiger partial charge in [-0.1, -0.05) is 36.3 Å².